The Kier molecular flexibility index (Phi) is 4.00. The van der Waals surface area contributed by atoms with E-state index in [1.54, 1.807) is 6.20 Å². The van der Waals surface area contributed by atoms with Crippen molar-refractivity contribution < 1.29 is 9.26 Å². The number of ether oxygens (including phenoxy) is 1. The molecule has 2 aromatic carbocycles. The normalized spacial score (nSPS) is 10.8. The fourth-order valence-corrected chi connectivity index (χ4v) is 2.52. The number of H-pyrrole nitrogens is 1. The Morgan fingerprint density at radius 1 is 1.04 bits per heavy atom. The first-order chi connectivity index (χ1) is 12.3. The first-order valence-corrected chi connectivity index (χ1v) is 7.90. The van der Waals surface area contributed by atoms with Crippen LogP contribution in [0.5, 0.6) is 5.75 Å². The van der Waals surface area contributed by atoms with E-state index in [9.17, 15) is 0 Å². The Labute approximate surface area is 144 Å². The first-order valence-electron chi connectivity index (χ1n) is 7.90. The maximum atomic E-state index is 5.70. The summed E-state index contributed by atoms with van der Waals surface area (Å²) in [6.07, 6.45) is 1.72. The molecule has 0 aliphatic carbocycles. The Balaban J connectivity index is 1.50. The second-order valence-corrected chi connectivity index (χ2v) is 5.67. The van der Waals surface area contributed by atoms with E-state index in [0.717, 1.165) is 28.1 Å². The highest BCUT2D eigenvalue weighted by atomic mass is 16.5. The van der Waals surface area contributed by atoms with E-state index < -0.39 is 0 Å². The van der Waals surface area contributed by atoms with Gasteiger partial charge in [-0.3, -0.25) is 5.10 Å². The number of hydrogen-bond donors (Lipinski definition) is 1. The van der Waals surface area contributed by atoms with Crippen molar-refractivity contribution in [2.24, 2.45) is 0 Å². The van der Waals surface area contributed by atoms with E-state index in [1.165, 1.54) is 0 Å². The zero-order valence-corrected chi connectivity index (χ0v) is 13.6. The van der Waals surface area contributed by atoms with Crippen molar-refractivity contribution in [3.63, 3.8) is 0 Å². The summed E-state index contributed by atoms with van der Waals surface area (Å²) >= 11 is 0. The molecule has 4 aromatic rings. The Morgan fingerprint density at radius 2 is 1.92 bits per heavy atom. The van der Waals surface area contributed by atoms with Crippen LogP contribution in [0.25, 0.3) is 22.6 Å². The van der Waals surface area contributed by atoms with Gasteiger partial charge in [-0.25, -0.2) is 0 Å². The highest BCUT2D eigenvalue weighted by Gasteiger charge is 2.10. The second kappa shape index (κ2) is 6.60. The van der Waals surface area contributed by atoms with Crippen molar-refractivity contribution in [1.82, 2.24) is 20.3 Å². The molecule has 0 aliphatic heterocycles. The van der Waals surface area contributed by atoms with Crippen molar-refractivity contribution >= 4 is 0 Å². The summed E-state index contributed by atoms with van der Waals surface area (Å²) in [5.74, 6) is 1.74. The van der Waals surface area contributed by atoms with Gasteiger partial charge in [-0.15, -0.1) is 0 Å². The van der Waals surface area contributed by atoms with E-state index >= 15 is 0 Å². The molecule has 0 unspecified atom stereocenters. The molecule has 25 heavy (non-hydrogen) atoms. The van der Waals surface area contributed by atoms with Gasteiger partial charge in [0.1, 0.15) is 5.75 Å². The number of rotatable bonds is 5. The standard InChI is InChI=1S/C19H16N4O2/c1-13-4-2-7-16(10-13)24-12-18-21-19(23-25-18)15-6-3-5-14(11-15)17-8-9-20-22-17/h2-11H,12H2,1H3,(H,20,22). The lowest BCUT2D eigenvalue weighted by molar-refractivity contribution is 0.243. The third-order valence-electron chi connectivity index (χ3n) is 3.75. The van der Waals surface area contributed by atoms with Gasteiger partial charge in [0.15, 0.2) is 6.61 Å². The van der Waals surface area contributed by atoms with Crippen LogP contribution in [-0.4, -0.2) is 20.3 Å². The third kappa shape index (κ3) is 3.42. The van der Waals surface area contributed by atoms with Crippen molar-refractivity contribution in [2.45, 2.75) is 13.5 Å². The molecular weight excluding hydrogens is 316 g/mol. The van der Waals surface area contributed by atoms with Crippen LogP contribution in [0, 0.1) is 6.92 Å². The number of hydrogen-bond acceptors (Lipinski definition) is 5. The first kappa shape index (κ1) is 15.1. The van der Waals surface area contributed by atoms with Crippen molar-refractivity contribution in [1.29, 1.82) is 0 Å². The van der Waals surface area contributed by atoms with Gasteiger partial charge in [0.25, 0.3) is 5.89 Å². The average Bonchev–Trinajstić information content (AvgIpc) is 3.32. The molecule has 0 spiro atoms. The van der Waals surface area contributed by atoms with E-state index in [4.69, 9.17) is 9.26 Å². The van der Waals surface area contributed by atoms with E-state index in [0.29, 0.717) is 11.7 Å². The van der Waals surface area contributed by atoms with Crippen molar-refractivity contribution in [3.05, 3.63) is 72.2 Å². The number of benzene rings is 2. The SMILES string of the molecule is Cc1cccc(OCc2nc(-c3cccc(-c4ccn[nH]4)c3)no2)c1. The zero-order valence-electron chi connectivity index (χ0n) is 13.6. The van der Waals surface area contributed by atoms with Crippen LogP contribution in [0.2, 0.25) is 0 Å². The molecule has 2 aromatic heterocycles. The number of nitrogens with zero attached hydrogens (tertiary/aromatic N) is 3. The van der Waals surface area contributed by atoms with Crippen LogP contribution in [0.1, 0.15) is 11.5 Å². The number of aryl methyl sites for hydroxylation is 1. The summed E-state index contributed by atoms with van der Waals surface area (Å²) in [6, 6.07) is 17.6. The van der Waals surface area contributed by atoms with Gasteiger partial charge in [-0.05, 0) is 36.8 Å². The zero-order chi connectivity index (χ0) is 17.1. The molecule has 0 saturated heterocycles. The summed E-state index contributed by atoms with van der Waals surface area (Å²) in [5.41, 5.74) is 3.96. The molecule has 124 valence electrons. The van der Waals surface area contributed by atoms with Crippen LogP contribution in [0.3, 0.4) is 0 Å². The number of nitrogens with one attached hydrogen (secondary N) is 1. The predicted octanol–water partition coefficient (Wildman–Crippen LogP) is 4.01. The summed E-state index contributed by atoms with van der Waals surface area (Å²) in [4.78, 5) is 4.41. The van der Waals surface area contributed by atoms with Gasteiger partial charge >= 0.3 is 0 Å². The van der Waals surface area contributed by atoms with Crippen molar-refractivity contribution in [3.8, 4) is 28.4 Å². The fraction of sp³-hybridized carbons (Fsp3) is 0.105. The third-order valence-corrected chi connectivity index (χ3v) is 3.75. The van der Waals surface area contributed by atoms with Gasteiger partial charge in [0, 0.05) is 17.3 Å². The van der Waals surface area contributed by atoms with E-state index in [2.05, 4.69) is 20.3 Å². The lowest BCUT2D eigenvalue weighted by Gasteiger charge is -2.03. The minimum atomic E-state index is 0.233. The molecular formula is C19H16N4O2. The molecule has 0 fully saturated rings. The summed E-state index contributed by atoms with van der Waals surface area (Å²) < 4.78 is 11.0. The molecule has 0 saturated carbocycles. The average molecular weight is 332 g/mol. The van der Waals surface area contributed by atoms with E-state index in [-0.39, 0.29) is 6.61 Å². The number of aromatic amines is 1. The van der Waals surface area contributed by atoms with Gasteiger partial charge in [-0.2, -0.15) is 10.1 Å². The minimum absolute atomic E-state index is 0.233. The minimum Gasteiger partial charge on any atom is -0.484 e. The van der Waals surface area contributed by atoms with Crippen LogP contribution in [0.15, 0.2) is 65.3 Å². The predicted molar refractivity (Wildman–Crippen MR) is 92.8 cm³/mol. The molecule has 1 N–H and O–H groups in total. The molecule has 0 atom stereocenters. The van der Waals surface area contributed by atoms with Crippen LogP contribution < -0.4 is 4.74 Å². The highest BCUT2D eigenvalue weighted by molar-refractivity contribution is 5.67. The Bertz CT molecular complexity index is 977. The Hall–Kier alpha value is -3.41. The topological polar surface area (TPSA) is 76.8 Å². The van der Waals surface area contributed by atoms with Gasteiger partial charge < -0.3 is 9.26 Å². The molecule has 0 bridgehead atoms. The maximum absolute atomic E-state index is 5.70. The highest BCUT2D eigenvalue weighted by Crippen LogP contribution is 2.23. The molecule has 0 aliphatic rings. The molecule has 0 amide bonds. The Morgan fingerprint density at radius 3 is 2.76 bits per heavy atom. The molecule has 2 heterocycles. The quantitative estimate of drug-likeness (QED) is 0.597. The summed E-state index contributed by atoms with van der Waals surface area (Å²) in [5, 5.41) is 11.0. The van der Waals surface area contributed by atoms with Gasteiger partial charge in [0.05, 0.1) is 5.69 Å². The molecule has 0 radical (unpaired) electrons. The maximum Gasteiger partial charge on any atom is 0.264 e. The lowest BCUT2D eigenvalue weighted by atomic mass is 10.1. The van der Waals surface area contributed by atoms with Crippen LogP contribution in [-0.2, 0) is 6.61 Å². The molecule has 6 heteroatoms. The van der Waals surface area contributed by atoms with Crippen LogP contribution >= 0.6 is 0 Å². The van der Waals surface area contributed by atoms with Crippen LogP contribution in [0.4, 0.5) is 0 Å². The van der Waals surface area contributed by atoms with E-state index in [1.807, 2.05) is 61.5 Å². The summed E-state index contributed by atoms with van der Waals surface area (Å²) in [7, 11) is 0. The fourth-order valence-electron chi connectivity index (χ4n) is 2.52. The number of aromatic nitrogens is 4. The van der Waals surface area contributed by atoms with Gasteiger partial charge in [0.2, 0.25) is 5.82 Å². The molecule has 6 nitrogen and oxygen atoms in total. The lowest BCUT2D eigenvalue weighted by Crippen LogP contribution is -1.95. The smallest absolute Gasteiger partial charge is 0.264 e. The summed E-state index contributed by atoms with van der Waals surface area (Å²) in [6.45, 7) is 2.25. The van der Waals surface area contributed by atoms with Crippen molar-refractivity contribution in [2.75, 3.05) is 0 Å². The largest absolute Gasteiger partial charge is 0.484 e. The van der Waals surface area contributed by atoms with Gasteiger partial charge in [-0.1, -0.05) is 35.5 Å². The molecule has 4 rings (SSSR count). The second-order valence-electron chi connectivity index (χ2n) is 5.67. The monoisotopic (exact) mass is 332 g/mol.